The van der Waals surface area contributed by atoms with Crippen molar-refractivity contribution < 1.29 is 105 Å². The van der Waals surface area contributed by atoms with Crippen LogP contribution >= 0.6 is 0 Å². The lowest BCUT2D eigenvalue weighted by Gasteiger charge is -2.46. The molecule has 264 valence electrons. The van der Waals surface area contributed by atoms with Crippen molar-refractivity contribution in [3.8, 4) is 0 Å². The van der Waals surface area contributed by atoms with E-state index in [2.05, 4.69) is 0 Å². The molecule has 4 aliphatic rings. The van der Waals surface area contributed by atoms with Crippen molar-refractivity contribution in [2.45, 2.75) is 123 Å². The van der Waals surface area contributed by atoms with Crippen LogP contribution in [0.15, 0.2) is 0 Å². The molecule has 4 rings (SSSR count). The fourth-order valence-corrected chi connectivity index (χ4v) is 5.33. The Morgan fingerprint density at radius 2 is 0.778 bits per heavy atom. The SMILES string of the molecule is OC[C@H]1O[C@@H](OC[C@H]2O[C@@H](OC[C@H]3O[C@@H](O[C@H]4[C@H](O)[C@@H](O)C(O)O[C@@H]4CO)[C@H](O)[C@@H](O)[C@H]3O)[C@H](O)[C@@H](O)[C@H]2O)[C@H](O)[C@@H](O)[C@H]1O. The van der Waals surface area contributed by atoms with Crippen LogP contribution in [0.2, 0.25) is 0 Å². The Bertz CT molecular complexity index is 914. The van der Waals surface area contributed by atoms with Crippen LogP contribution in [0.5, 0.6) is 0 Å². The highest BCUT2D eigenvalue weighted by Crippen LogP contribution is 2.30. The first-order valence-corrected chi connectivity index (χ1v) is 14.1. The van der Waals surface area contributed by atoms with Gasteiger partial charge in [-0.1, -0.05) is 0 Å². The van der Waals surface area contributed by atoms with E-state index in [1.165, 1.54) is 0 Å². The molecule has 0 aromatic heterocycles. The first-order valence-electron chi connectivity index (χ1n) is 14.1. The average Bonchev–Trinajstić information content (AvgIpc) is 3.03. The molecule has 0 saturated carbocycles. The molecule has 0 spiro atoms. The van der Waals surface area contributed by atoms with E-state index < -0.39 is 149 Å². The lowest BCUT2D eigenvalue weighted by atomic mass is 9.97. The summed E-state index contributed by atoms with van der Waals surface area (Å²) in [4.78, 5) is 0. The Morgan fingerprint density at radius 3 is 1.24 bits per heavy atom. The van der Waals surface area contributed by atoms with E-state index in [4.69, 9.17) is 33.2 Å². The molecule has 4 saturated heterocycles. The Balaban J connectivity index is 1.37. The Labute approximate surface area is 254 Å². The molecule has 4 heterocycles. The molecule has 21 heteroatoms. The number of hydrogen-bond acceptors (Lipinski definition) is 21. The Hall–Kier alpha value is -0.840. The minimum Gasteiger partial charge on any atom is -0.394 e. The molecule has 21 nitrogen and oxygen atoms in total. The predicted octanol–water partition coefficient (Wildman–Crippen LogP) is -9.75. The van der Waals surface area contributed by atoms with E-state index >= 15 is 0 Å². The average molecular weight is 667 g/mol. The molecule has 0 bridgehead atoms. The second-order valence-electron chi connectivity index (χ2n) is 11.2. The lowest BCUT2D eigenvalue weighted by Crippen LogP contribution is -2.65. The fraction of sp³-hybridized carbons (Fsp3) is 1.00. The Morgan fingerprint density at radius 1 is 0.378 bits per heavy atom. The van der Waals surface area contributed by atoms with Crippen molar-refractivity contribution in [3.05, 3.63) is 0 Å². The lowest BCUT2D eigenvalue weighted by molar-refractivity contribution is -0.363. The molecule has 0 radical (unpaired) electrons. The van der Waals surface area contributed by atoms with Gasteiger partial charge in [-0.2, -0.15) is 0 Å². The van der Waals surface area contributed by atoms with Crippen molar-refractivity contribution >= 4 is 0 Å². The van der Waals surface area contributed by atoms with Crippen LogP contribution in [0.1, 0.15) is 0 Å². The molecule has 1 unspecified atom stereocenters. The van der Waals surface area contributed by atoms with Gasteiger partial charge in [-0.25, -0.2) is 0 Å². The fourth-order valence-electron chi connectivity index (χ4n) is 5.33. The van der Waals surface area contributed by atoms with Crippen molar-refractivity contribution in [1.82, 2.24) is 0 Å². The zero-order valence-corrected chi connectivity index (χ0v) is 23.5. The smallest absolute Gasteiger partial charge is 0.187 e. The molecule has 4 aliphatic heterocycles. The maximum atomic E-state index is 10.5. The van der Waals surface area contributed by atoms with Gasteiger partial charge in [0.2, 0.25) is 0 Å². The molecular formula is C24H42O21. The van der Waals surface area contributed by atoms with E-state index in [1.54, 1.807) is 0 Å². The summed E-state index contributed by atoms with van der Waals surface area (Å²) >= 11 is 0. The summed E-state index contributed by atoms with van der Waals surface area (Å²) in [5.74, 6) is 0. The highest BCUT2D eigenvalue weighted by atomic mass is 16.8. The normalized spacial score (nSPS) is 52.9. The zero-order valence-electron chi connectivity index (χ0n) is 23.5. The topological polar surface area (TPSA) is 348 Å². The van der Waals surface area contributed by atoms with Gasteiger partial charge in [0, 0.05) is 0 Å². The van der Waals surface area contributed by atoms with E-state index in [0.717, 1.165) is 0 Å². The molecule has 45 heavy (non-hydrogen) atoms. The number of hydrogen-bond donors (Lipinski definition) is 14. The van der Waals surface area contributed by atoms with Gasteiger partial charge >= 0.3 is 0 Å². The first-order chi connectivity index (χ1) is 21.2. The summed E-state index contributed by atoms with van der Waals surface area (Å²) in [7, 11) is 0. The maximum Gasteiger partial charge on any atom is 0.187 e. The molecular weight excluding hydrogens is 624 g/mol. The second-order valence-corrected chi connectivity index (χ2v) is 11.2. The van der Waals surface area contributed by atoms with Crippen LogP contribution in [0, 0.1) is 0 Å². The maximum absolute atomic E-state index is 10.5. The number of rotatable bonds is 10. The van der Waals surface area contributed by atoms with E-state index in [-0.39, 0.29) is 0 Å². The van der Waals surface area contributed by atoms with Gasteiger partial charge in [0.05, 0.1) is 26.4 Å². The van der Waals surface area contributed by atoms with E-state index in [0.29, 0.717) is 0 Å². The zero-order chi connectivity index (χ0) is 33.3. The first kappa shape index (κ1) is 37.0. The van der Waals surface area contributed by atoms with Gasteiger partial charge in [-0.3, -0.25) is 0 Å². The van der Waals surface area contributed by atoms with E-state index in [9.17, 15) is 71.5 Å². The largest absolute Gasteiger partial charge is 0.394 e. The van der Waals surface area contributed by atoms with Crippen molar-refractivity contribution in [1.29, 1.82) is 0 Å². The van der Waals surface area contributed by atoms with Gasteiger partial charge < -0.3 is 105 Å². The van der Waals surface area contributed by atoms with Crippen LogP contribution in [0.3, 0.4) is 0 Å². The van der Waals surface area contributed by atoms with Crippen molar-refractivity contribution in [3.63, 3.8) is 0 Å². The summed E-state index contributed by atoms with van der Waals surface area (Å²) in [6.45, 7) is -2.90. The molecule has 0 aromatic carbocycles. The third-order valence-electron chi connectivity index (χ3n) is 8.17. The second kappa shape index (κ2) is 15.6. The quantitative estimate of drug-likeness (QED) is 0.103. The minimum atomic E-state index is -1.94. The van der Waals surface area contributed by atoms with Crippen LogP contribution in [-0.2, 0) is 33.2 Å². The summed E-state index contributed by atoms with van der Waals surface area (Å²) in [6.07, 6.45) is -34.6. The van der Waals surface area contributed by atoms with Crippen LogP contribution in [0.4, 0.5) is 0 Å². The van der Waals surface area contributed by atoms with Gasteiger partial charge in [0.1, 0.15) is 97.7 Å². The van der Waals surface area contributed by atoms with Crippen LogP contribution in [-0.4, -0.2) is 221 Å². The standard InChI is InChI=1S/C24H42O21/c25-1-5-9(27)12(30)17(35)22(42-5)39-3-7-10(28)13(31)18(36)23(43-7)40-4-8-11(29)14(32)19(37)24(44-8)45-20-6(2-26)41-21(38)16(34)15(20)33/h5-38H,1-4H2/t5-,6-,7-,8-,9+,10+,11+,12+,13+,14+,15-,16-,17-,18-,19-,20-,21?,22-,23-,24+/m1/s1. The Kier molecular flexibility index (Phi) is 12.8. The molecule has 14 N–H and O–H groups in total. The molecule has 0 amide bonds. The van der Waals surface area contributed by atoms with E-state index in [1.807, 2.05) is 0 Å². The summed E-state index contributed by atoms with van der Waals surface area (Å²) in [5, 5.41) is 141. The highest BCUT2D eigenvalue weighted by molar-refractivity contribution is 4.95. The molecule has 20 atom stereocenters. The monoisotopic (exact) mass is 666 g/mol. The number of aliphatic hydroxyl groups excluding tert-OH is 14. The van der Waals surface area contributed by atoms with Crippen molar-refractivity contribution in [2.75, 3.05) is 26.4 Å². The number of aliphatic hydroxyl groups is 14. The minimum absolute atomic E-state index is 0.644. The van der Waals surface area contributed by atoms with Crippen LogP contribution in [0.25, 0.3) is 0 Å². The summed E-state index contributed by atoms with van der Waals surface area (Å²) in [6, 6.07) is 0. The van der Waals surface area contributed by atoms with Gasteiger partial charge in [0.15, 0.2) is 25.2 Å². The van der Waals surface area contributed by atoms with Gasteiger partial charge in [-0.05, 0) is 0 Å². The van der Waals surface area contributed by atoms with Crippen molar-refractivity contribution in [2.24, 2.45) is 0 Å². The number of ether oxygens (including phenoxy) is 7. The predicted molar refractivity (Wildman–Crippen MR) is 134 cm³/mol. The molecule has 0 aromatic rings. The highest BCUT2D eigenvalue weighted by Gasteiger charge is 2.52. The van der Waals surface area contributed by atoms with Gasteiger partial charge in [0.25, 0.3) is 0 Å². The summed E-state index contributed by atoms with van der Waals surface area (Å²) < 4.78 is 37.4. The third kappa shape index (κ3) is 7.75. The molecule has 4 fully saturated rings. The third-order valence-corrected chi connectivity index (χ3v) is 8.17. The van der Waals surface area contributed by atoms with Gasteiger partial charge in [-0.15, -0.1) is 0 Å². The van der Waals surface area contributed by atoms with Crippen LogP contribution < -0.4 is 0 Å². The molecule has 0 aliphatic carbocycles. The summed E-state index contributed by atoms with van der Waals surface area (Å²) in [5.41, 5.74) is 0.